The first-order chi connectivity index (χ1) is 18.9. The van der Waals surface area contributed by atoms with Crippen LogP contribution in [0.4, 0.5) is 10.5 Å². The summed E-state index contributed by atoms with van der Waals surface area (Å²) in [7, 11) is -3.38. The molecule has 202 valence electrons. The van der Waals surface area contributed by atoms with E-state index in [-0.39, 0.29) is 23.4 Å². The Labute approximate surface area is 227 Å². The minimum absolute atomic E-state index is 0.0265. The molecule has 0 bridgehead atoms. The van der Waals surface area contributed by atoms with Crippen LogP contribution in [0.2, 0.25) is 0 Å². The molecule has 1 saturated heterocycles. The zero-order valence-electron chi connectivity index (χ0n) is 21.6. The van der Waals surface area contributed by atoms with Crippen molar-refractivity contribution in [3.05, 3.63) is 84.9 Å². The molecule has 1 N–H and O–H groups in total. The number of amides is 1. The number of nitrogens with zero attached hydrogens (tertiary/aromatic N) is 5. The number of sulfone groups is 1. The van der Waals surface area contributed by atoms with E-state index in [1.807, 2.05) is 30.3 Å². The summed E-state index contributed by atoms with van der Waals surface area (Å²) < 4.78 is 30.9. The highest BCUT2D eigenvalue weighted by molar-refractivity contribution is 7.91. The van der Waals surface area contributed by atoms with Gasteiger partial charge in [-0.15, -0.1) is 5.10 Å². The molecule has 0 aliphatic carbocycles. The van der Waals surface area contributed by atoms with E-state index in [0.29, 0.717) is 29.6 Å². The first-order valence-corrected chi connectivity index (χ1v) is 14.5. The summed E-state index contributed by atoms with van der Waals surface area (Å²) >= 11 is 0. The van der Waals surface area contributed by atoms with Crippen LogP contribution in [-0.2, 0) is 16.4 Å². The third-order valence-electron chi connectivity index (χ3n) is 6.70. The van der Waals surface area contributed by atoms with Crippen LogP contribution in [0.5, 0.6) is 5.75 Å². The van der Waals surface area contributed by atoms with E-state index in [9.17, 15) is 13.2 Å². The van der Waals surface area contributed by atoms with Crippen LogP contribution < -0.4 is 15.0 Å². The molecule has 0 saturated carbocycles. The van der Waals surface area contributed by atoms with Crippen LogP contribution in [0.3, 0.4) is 0 Å². The maximum Gasteiger partial charge on any atom is 0.326 e. The van der Waals surface area contributed by atoms with Gasteiger partial charge in [0.2, 0.25) is 0 Å². The van der Waals surface area contributed by atoms with E-state index in [4.69, 9.17) is 4.74 Å². The molecule has 0 radical (unpaired) electrons. The number of anilines is 1. The Morgan fingerprint density at radius 3 is 2.56 bits per heavy atom. The number of benzene rings is 2. The van der Waals surface area contributed by atoms with E-state index in [0.717, 1.165) is 25.1 Å². The van der Waals surface area contributed by atoms with Crippen molar-refractivity contribution in [1.29, 1.82) is 0 Å². The minimum Gasteiger partial charge on any atom is -0.487 e. The van der Waals surface area contributed by atoms with E-state index in [1.54, 1.807) is 31.3 Å². The largest absolute Gasteiger partial charge is 0.487 e. The number of carbonyl (C=O) groups is 1. The fourth-order valence-electron chi connectivity index (χ4n) is 4.40. The number of nitrogens with one attached hydrogen (secondary N) is 1. The quantitative estimate of drug-likeness (QED) is 0.337. The Morgan fingerprint density at radius 2 is 1.85 bits per heavy atom. The van der Waals surface area contributed by atoms with Gasteiger partial charge in [-0.2, -0.15) is 5.10 Å². The highest BCUT2D eigenvalue weighted by atomic mass is 32.2. The highest BCUT2D eigenvalue weighted by Crippen LogP contribution is 2.24. The van der Waals surface area contributed by atoms with Crippen molar-refractivity contribution in [2.24, 2.45) is 5.92 Å². The molecule has 1 unspecified atom stereocenters. The summed E-state index contributed by atoms with van der Waals surface area (Å²) in [5.74, 6) is 0.989. The summed E-state index contributed by atoms with van der Waals surface area (Å²) in [5.41, 5.74) is 3.25. The summed E-state index contributed by atoms with van der Waals surface area (Å²) in [6, 6.07) is 20.5. The lowest BCUT2D eigenvalue weighted by Crippen LogP contribution is -2.33. The maximum absolute atomic E-state index is 12.7. The first-order valence-electron chi connectivity index (χ1n) is 12.8. The average molecular weight is 547 g/mol. The third kappa shape index (κ3) is 6.43. The molecule has 10 nitrogen and oxygen atoms in total. The molecule has 1 aliphatic heterocycles. The van der Waals surface area contributed by atoms with Crippen LogP contribution in [0, 0.1) is 5.92 Å². The van der Waals surface area contributed by atoms with Gasteiger partial charge >= 0.3 is 6.03 Å². The molecule has 0 spiro atoms. The van der Waals surface area contributed by atoms with Gasteiger partial charge in [0.25, 0.3) is 0 Å². The van der Waals surface area contributed by atoms with Crippen LogP contribution in [0.1, 0.15) is 19.0 Å². The number of para-hydroxylation sites is 1. The van der Waals surface area contributed by atoms with Crippen molar-refractivity contribution in [3.8, 4) is 17.0 Å². The monoisotopic (exact) mass is 546 g/mol. The fraction of sp³-hybridized carbons (Fsp3) is 0.286. The first kappa shape index (κ1) is 26.4. The van der Waals surface area contributed by atoms with Crippen molar-refractivity contribution < 1.29 is 17.9 Å². The van der Waals surface area contributed by atoms with Crippen LogP contribution in [0.15, 0.2) is 84.3 Å². The fourth-order valence-corrected chi connectivity index (χ4v) is 5.13. The molecule has 1 fully saturated rings. The second kappa shape index (κ2) is 11.6. The number of rotatable bonds is 9. The number of ether oxygens (including phenoxy) is 1. The molecular weight excluding hydrogens is 516 g/mol. The number of hydrogen-bond acceptors (Lipinski definition) is 8. The zero-order chi connectivity index (χ0) is 27.2. The van der Waals surface area contributed by atoms with E-state index in [2.05, 4.69) is 37.5 Å². The zero-order valence-corrected chi connectivity index (χ0v) is 22.4. The summed E-state index contributed by atoms with van der Waals surface area (Å²) in [5, 5.41) is 10.7. The Morgan fingerprint density at radius 1 is 1.05 bits per heavy atom. The Balaban J connectivity index is 1.11. The van der Waals surface area contributed by atoms with Crippen LogP contribution in [0.25, 0.3) is 11.3 Å². The van der Waals surface area contributed by atoms with Crippen molar-refractivity contribution >= 4 is 21.6 Å². The van der Waals surface area contributed by atoms with Crippen molar-refractivity contribution in [1.82, 2.24) is 25.1 Å². The molecule has 3 heterocycles. The number of aromatic nitrogens is 4. The number of imidazole rings is 1. The molecule has 1 amide bonds. The van der Waals surface area contributed by atoms with Gasteiger partial charge in [0.05, 0.1) is 11.4 Å². The lowest BCUT2D eigenvalue weighted by Gasteiger charge is -2.18. The predicted octanol–water partition coefficient (Wildman–Crippen LogP) is 3.80. The van der Waals surface area contributed by atoms with Crippen LogP contribution in [-0.4, -0.2) is 59.6 Å². The third-order valence-corrected chi connectivity index (χ3v) is 8.31. The van der Waals surface area contributed by atoms with E-state index in [1.165, 1.54) is 22.6 Å². The predicted molar refractivity (Wildman–Crippen MR) is 147 cm³/mol. The second-order valence-electron chi connectivity index (χ2n) is 9.37. The van der Waals surface area contributed by atoms with Gasteiger partial charge in [-0.05, 0) is 60.9 Å². The van der Waals surface area contributed by atoms with Gasteiger partial charge in [0.15, 0.2) is 14.9 Å². The standard InChI is InChI=1S/C28H30N6O4S/c1-2-39(36,37)27-13-10-23(31-32-27)19-38-25-11-8-22(9-12-25)26-18-34(20-30-26)28(35)29-16-21-14-15-33(17-21)24-6-4-3-5-7-24/h3-13,18,20-21H,2,14-17,19H2,1H3,(H,29,35). The smallest absolute Gasteiger partial charge is 0.326 e. The van der Waals surface area contributed by atoms with Gasteiger partial charge in [-0.3, -0.25) is 4.57 Å². The molecule has 11 heteroatoms. The number of hydrogen-bond donors (Lipinski definition) is 1. The lowest BCUT2D eigenvalue weighted by atomic mass is 10.1. The normalized spacial score (nSPS) is 15.3. The van der Waals surface area contributed by atoms with Gasteiger partial charge in [-0.25, -0.2) is 18.2 Å². The van der Waals surface area contributed by atoms with Gasteiger partial charge in [0.1, 0.15) is 24.4 Å². The summed E-state index contributed by atoms with van der Waals surface area (Å²) in [6.07, 6.45) is 4.26. The SMILES string of the molecule is CCS(=O)(=O)c1ccc(COc2ccc(-c3cn(C(=O)NCC4CCN(c5ccccc5)C4)cn3)cc2)nn1. The van der Waals surface area contributed by atoms with E-state index >= 15 is 0 Å². The van der Waals surface area contributed by atoms with Crippen molar-refractivity contribution in [3.63, 3.8) is 0 Å². The van der Waals surface area contributed by atoms with E-state index < -0.39 is 9.84 Å². The Bertz CT molecular complexity index is 1510. The number of carbonyl (C=O) groups excluding carboxylic acids is 1. The molecule has 4 aromatic rings. The van der Waals surface area contributed by atoms with Gasteiger partial charge < -0.3 is 15.0 Å². The minimum atomic E-state index is -3.38. The molecule has 39 heavy (non-hydrogen) atoms. The molecule has 1 atom stereocenters. The van der Waals surface area contributed by atoms with Gasteiger partial charge in [-0.1, -0.05) is 25.1 Å². The second-order valence-corrected chi connectivity index (χ2v) is 11.6. The lowest BCUT2D eigenvalue weighted by molar-refractivity contribution is 0.240. The highest BCUT2D eigenvalue weighted by Gasteiger charge is 2.23. The average Bonchev–Trinajstić information content (AvgIpc) is 3.67. The maximum atomic E-state index is 12.7. The topological polar surface area (TPSA) is 119 Å². The van der Waals surface area contributed by atoms with Crippen molar-refractivity contribution in [2.45, 2.75) is 25.0 Å². The molecule has 2 aromatic carbocycles. The Kier molecular flexibility index (Phi) is 7.87. The molecule has 5 rings (SSSR count). The van der Waals surface area contributed by atoms with Gasteiger partial charge in [0, 0.05) is 37.1 Å². The summed E-state index contributed by atoms with van der Waals surface area (Å²) in [4.78, 5) is 19.4. The van der Waals surface area contributed by atoms with Crippen LogP contribution >= 0.6 is 0 Å². The molecular formula is C28H30N6O4S. The Hall–Kier alpha value is -4.25. The summed E-state index contributed by atoms with van der Waals surface area (Å²) in [6.45, 7) is 4.24. The molecule has 1 aliphatic rings. The van der Waals surface area contributed by atoms with Crippen molar-refractivity contribution in [2.75, 3.05) is 30.3 Å². The molecule has 2 aromatic heterocycles.